The average Bonchev–Trinajstić information content (AvgIpc) is 2.70. The van der Waals surface area contributed by atoms with Crippen LogP contribution in [0.3, 0.4) is 0 Å². The van der Waals surface area contributed by atoms with Crippen molar-refractivity contribution in [2.45, 2.75) is 11.5 Å². The third-order valence-electron chi connectivity index (χ3n) is 2.72. The van der Waals surface area contributed by atoms with Crippen LogP contribution in [-0.2, 0) is 21.4 Å². The van der Waals surface area contributed by atoms with Gasteiger partial charge in [-0.2, -0.15) is 8.42 Å². The Hall–Kier alpha value is -2.21. The zero-order chi connectivity index (χ0) is 13.3. The van der Waals surface area contributed by atoms with E-state index in [1.54, 1.807) is 42.7 Å². The molecular weight excluding hydrogens is 264 g/mol. The van der Waals surface area contributed by atoms with E-state index >= 15 is 0 Å². The van der Waals surface area contributed by atoms with Gasteiger partial charge in [0.25, 0.3) is 10.0 Å². The van der Waals surface area contributed by atoms with Crippen LogP contribution >= 0.6 is 0 Å². The summed E-state index contributed by atoms with van der Waals surface area (Å²) < 4.78 is 32.7. The molecule has 0 unspecified atom stereocenters. The van der Waals surface area contributed by atoms with Gasteiger partial charge in [-0.05, 0) is 29.8 Å². The summed E-state index contributed by atoms with van der Waals surface area (Å²) in [5.41, 5.74) is 1.41. The highest BCUT2D eigenvalue weighted by Crippen LogP contribution is 2.26. The second-order valence-electron chi connectivity index (χ2n) is 4.01. The van der Waals surface area contributed by atoms with E-state index in [2.05, 4.69) is 9.38 Å². The van der Waals surface area contributed by atoms with Crippen molar-refractivity contribution in [2.75, 3.05) is 0 Å². The molecule has 2 aromatic rings. The Bertz CT molecular complexity index is 739. The first-order chi connectivity index (χ1) is 9.17. The summed E-state index contributed by atoms with van der Waals surface area (Å²) in [6.07, 6.45) is 3.31. The van der Waals surface area contributed by atoms with Crippen LogP contribution in [0.5, 0.6) is 0 Å². The van der Waals surface area contributed by atoms with Gasteiger partial charge in [0, 0.05) is 12.4 Å². The van der Waals surface area contributed by atoms with Crippen molar-refractivity contribution in [3.8, 4) is 0 Å². The van der Waals surface area contributed by atoms with Gasteiger partial charge in [0.1, 0.15) is 11.5 Å². The number of sulfonamides is 1. The minimum atomic E-state index is -3.61. The first kappa shape index (κ1) is 11.9. The van der Waals surface area contributed by atoms with Crippen molar-refractivity contribution in [1.29, 1.82) is 0 Å². The van der Waals surface area contributed by atoms with E-state index < -0.39 is 10.0 Å². The van der Waals surface area contributed by atoms with Gasteiger partial charge < -0.3 is 4.74 Å². The first-order valence-electron chi connectivity index (χ1n) is 5.63. The monoisotopic (exact) mass is 274 g/mol. The minimum absolute atomic E-state index is 0.146. The quantitative estimate of drug-likeness (QED) is 0.836. The van der Waals surface area contributed by atoms with E-state index in [1.807, 2.05) is 0 Å². The van der Waals surface area contributed by atoms with Crippen LogP contribution in [-0.4, -0.2) is 19.3 Å². The van der Waals surface area contributed by atoms with E-state index in [9.17, 15) is 8.42 Å². The molecule has 1 aromatic carbocycles. The summed E-state index contributed by atoms with van der Waals surface area (Å²) in [6.45, 7) is 0.255. The van der Waals surface area contributed by atoms with Crippen molar-refractivity contribution < 1.29 is 13.2 Å². The lowest BCUT2D eigenvalue weighted by molar-refractivity contribution is 0.294. The van der Waals surface area contributed by atoms with E-state index in [0.29, 0.717) is 5.56 Å². The van der Waals surface area contributed by atoms with Crippen LogP contribution in [0.25, 0.3) is 0 Å². The molecule has 0 aliphatic carbocycles. The maximum absolute atomic E-state index is 11.8. The van der Waals surface area contributed by atoms with Crippen LogP contribution in [0.15, 0.2) is 58.1 Å². The molecule has 2 heterocycles. The highest BCUT2D eigenvalue weighted by molar-refractivity contribution is 7.90. The van der Waals surface area contributed by atoms with Crippen LogP contribution in [0.4, 0.5) is 0 Å². The molecule has 0 atom stereocenters. The number of pyridine rings is 1. The predicted octanol–water partition coefficient (Wildman–Crippen LogP) is 1.75. The average molecular weight is 274 g/mol. The number of fused-ring (bicyclic) bond motifs is 1. The first-order valence-corrected chi connectivity index (χ1v) is 7.07. The molecule has 0 radical (unpaired) electrons. The molecule has 5 nitrogen and oxygen atoms in total. The largest absolute Gasteiger partial charge is 0.472 e. The molecule has 0 fully saturated rings. The molecule has 0 saturated carbocycles. The summed E-state index contributed by atoms with van der Waals surface area (Å²) in [6, 6.07) is 10.2. The summed E-state index contributed by atoms with van der Waals surface area (Å²) in [7, 11) is -3.61. The van der Waals surface area contributed by atoms with Gasteiger partial charge in [-0.25, -0.2) is 0 Å². The van der Waals surface area contributed by atoms with E-state index in [0.717, 1.165) is 5.56 Å². The molecule has 6 heteroatoms. The van der Waals surface area contributed by atoms with E-state index in [4.69, 9.17) is 4.74 Å². The number of nitrogens with zero attached hydrogens (tertiary/aromatic N) is 2. The second-order valence-corrected chi connectivity index (χ2v) is 5.58. The van der Waals surface area contributed by atoms with Gasteiger partial charge in [0.05, 0.1) is 5.56 Å². The molecule has 1 aliphatic heterocycles. The minimum Gasteiger partial charge on any atom is -0.472 e. The lowest BCUT2D eigenvalue weighted by Crippen LogP contribution is -2.04. The van der Waals surface area contributed by atoms with Crippen LogP contribution in [0, 0.1) is 0 Å². The fourth-order valence-electron chi connectivity index (χ4n) is 1.81. The number of hydrogen-bond acceptors (Lipinski definition) is 4. The Morgan fingerprint density at radius 2 is 1.79 bits per heavy atom. The Morgan fingerprint density at radius 1 is 1.05 bits per heavy atom. The third-order valence-corrected chi connectivity index (χ3v) is 4.04. The maximum Gasteiger partial charge on any atom is 0.286 e. The molecule has 1 aliphatic rings. The highest BCUT2D eigenvalue weighted by Gasteiger charge is 2.29. The predicted molar refractivity (Wildman–Crippen MR) is 69.2 cm³/mol. The van der Waals surface area contributed by atoms with Crippen molar-refractivity contribution in [3.63, 3.8) is 0 Å². The summed E-state index contributed by atoms with van der Waals surface area (Å²) in [5, 5.41) is 0. The van der Waals surface area contributed by atoms with Gasteiger partial charge in [-0.3, -0.25) is 4.98 Å². The lowest BCUT2D eigenvalue weighted by Gasteiger charge is -2.05. The fraction of sp³-hybridized carbons (Fsp3) is 0.0769. The Morgan fingerprint density at radius 3 is 2.58 bits per heavy atom. The van der Waals surface area contributed by atoms with Gasteiger partial charge in [-0.1, -0.05) is 12.1 Å². The van der Waals surface area contributed by atoms with Crippen LogP contribution in [0.1, 0.15) is 11.1 Å². The molecule has 0 spiro atoms. The number of hydrogen-bond donors (Lipinski definition) is 0. The number of benzene rings is 1. The normalized spacial score (nSPS) is 15.7. The smallest absolute Gasteiger partial charge is 0.286 e. The van der Waals surface area contributed by atoms with Gasteiger partial charge in [-0.15, -0.1) is 4.40 Å². The summed E-state index contributed by atoms with van der Waals surface area (Å²) in [5.74, 6) is 0.146. The zero-order valence-electron chi connectivity index (χ0n) is 9.85. The van der Waals surface area contributed by atoms with Crippen LogP contribution in [0.2, 0.25) is 0 Å². The molecule has 19 heavy (non-hydrogen) atoms. The molecule has 0 bridgehead atoms. The van der Waals surface area contributed by atoms with Crippen LogP contribution < -0.4 is 0 Å². The Labute approximate surface area is 110 Å². The molecular formula is C13H10N2O3S. The number of ether oxygens (including phenoxy) is 1. The topological polar surface area (TPSA) is 68.6 Å². The van der Waals surface area contributed by atoms with Crippen molar-refractivity contribution in [1.82, 2.24) is 4.98 Å². The SMILES string of the molecule is O=S1(=O)N=C(OCc2ccncc2)c2ccccc21. The standard InChI is InChI=1S/C13H10N2O3S/c16-19(17)12-4-2-1-3-11(12)13(15-19)18-9-10-5-7-14-8-6-10/h1-8H,9H2. The molecule has 3 rings (SSSR count). The van der Waals surface area contributed by atoms with Gasteiger partial charge in [0.2, 0.25) is 5.90 Å². The van der Waals surface area contributed by atoms with Crippen molar-refractivity contribution >= 4 is 15.9 Å². The van der Waals surface area contributed by atoms with Gasteiger partial charge in [0.15, 0.2) is 0 Å². The van der Waals surface area contributed by atoms with Crippen molar-refractivity contribution in [2.24, 2.45) is 4.40 Å². The maximum atomic E-state index is 11.8. The summed E-state index contributed by atoms with van der Waals surface area (Å²) in [4.78, 5) is 4.10. The van der Waals surface area contributed by atoms with Crippen molar-refractivity contribution in [3.05, 3.63) is 59.9 Å². The molecule has 0 N–H and O–H groups in total. The zero-order valence-corrected chi connectivity index (χ0v) is 10.7. The molecule has 0 amide bonds. The highest BCUT2D eigenvalue weighted by atomic mass is 32.2. The molecule has 0 saturated heterocycles. The Balaban J connectivity index is 1.87. The van der Waals surface area contributed by atoms with Gasteiger partial charge >= 0.3 is 0 Å². The lowest BCUT2D eigenvalue weighted by atomic mass is 10.2. The second kappa shape index (κ2) is 4.47. The van der Waals surface area contributed by atoms with E-state index in [-0.39, 0.29) is 17.4 Å². The fourth-order valence-corrected chi connectivity index (χ4v) is 2.96. The van der Waals surface area contributed by atoms with E-state index in [1.165, 1.54) is 6.07 Å². The molecule has 96 valence electrons. The third kappa shape index (κ3) is 2.22. The number of aromatic nitrogens is 1. The molecule has 1 aromatic heterocycles. The Kier molecular flexibility index (Phi) is 2.79. The number of rotatable bonds is 2. The summed E-state index contributed by atoms with van der Waals surface area (Å²) >= 11 is 0.